The monoisotopic (exact) mass is 189 g/mol. The van der Waals surface area contributed by atoms with Gasteiger partial charge in [-0.1, -0.05) is 24.3 Å². The van der Waals surface area contributed by atoms with Crippen molar-refractivity contribution in [3.8, 4) is 0 Å². The molecule has 0 bridgehead atoms. The third-order valence-corrected chi connectivity index (χ3v) is 2.85. The topological polar surface area (TPSA) is 29.1 Å². The molecule has 1 aliphatic carbocycles. The van der Waals surface area contributed by atoms with Crippen molar-refractivity contribution in [2.75, 3.05) is 6.54 Å². The Morgan fingerprint density at radius 3 is 3.07 bits per heavy atom. The second-order valence-electron chi connectivity index (χ2n) is 3.87. The lowest BCUT2D eigenvalue weighted by Crippen LogP contribution is -2.24. The van der Waals surface area contributed by atoms with Crippen LogP contribution in [0.4, 0.5) is 0 Å². The summed E-state index contributed by atoms with van der Waals surface area (Å²) in [4.78, 5) is 10.8. The minimum Gasteiger partial charge on any atom is -0.356 e. The number of aryl methyl sites for hydroxylation is 1. The Bertz CT molecular complexity index is 346. The van der Waals surface area contributed by atoms with E-state index in [1.807, 2.05) is 0 Å². The van der Waals surface area contributed by atoms with Crippen LogP contribution >= 0.6 is 0 Å². The van der Waals surface area contributed by atoms with Gasteiger partial charge in [0.2, 0.25) is 5.91 Å². The first-order chi connectivity index (χ1) is 6.77. The summed E-state index contributed by atoms with van der Waals surface area (Å²) in [6.07, 6.45) is 2.32. The Morgan fingerprint density at radius 1 is 1.50 bits per heavy atom. The quantitative estimate of drug-likeness (QED) is 0.755. The van der Waals surface area contributed by atoms with Crippen molar-refractivity contribution in [2.45, 2.75) is 25.7 Å². The highest BCUT2D eigenvalue weighted by atomic mass is 16.1. The van der Waals surface area contributed by atoms with Gasteiger partial charge in [-0.15, -0.1) is 0 Å². The van der Waals surface area contributed by atoms with Crippen molar-refractivity contribution in [1.29, 1.82) is 0 Å². The maximum atomic E-state index is 10.8. The molecule has 14 heavy (non-hydrogen) atoms. The molecule has 0 fully saturated rings. The van der Waals surface area contributed by atoms with Gasteiger partial charge in [0.15, 0.2) is 0 Å². The number of nitrogens with one attached hydrogen (secondary N) is 1. The average molecular weight is 189 g/mol. The maximum Gasteiger partial charge on any atom is 0.216 e. The number of fused-ring (bicyclic) bond motifs is 1. The van der Waals surface area contributed by atoms with Crippen molar-refractivity contribution in [3.63, 3.8) is 0 Å². The number of rotatable bonds is 2. The van der Waals surface area contributed by atoms with Crippen molar-refractivity contribution >= 4 is 5.91 Å². The molecular weight excluding hydrogens is 174 g/mol. The first-order valence-corrected chi connectivity index (χ1v) is 5.09. The zero-order chi connectivity index (χ0) is 9.97. The lowest BCUT2D eigenvalue weighted by atomic mass is 10.0. The molecule has 1 aromatic rings. The lowest BCUT2D eigenvalue weighted by Gasteiger charge is -2.11. The fraction of sp³-hybridized carbons (Fsp3) is 0.417. The fourth-order valence-electron chi connectivity index (χ4n) is 2.12. The van der Waals surface area contributed by atoms with Gasteiger partial charge in [-0.3, -0.25) is 4.79 Å². The van der Waals surface area contributed by atoms with Gasteiger partial charge in [-0.05, 0) is 24.0 Å². The largest absolute Gasteiger partial charge is 0.356 e. The van der Waals surface area contributed by atoms with E-state index in [0.29, 0.717) is 5.92 Å². The summed E-state index contributed by atoms with van der Waals surface area (Å²) in [5.74, 6) is 0.587. The van der Waals surface area contributed by atoms with Gasteiger partial charge in [0.05, 0.1) is 0 Å². The van der Waals surface area contributed by atoms with E-state index in [2.05, 4.69) is 29.6 Å². The number of carbonyl (C=O) groups is 1. The number of hydrogen-bond donors (Lipinski definition) is 1. The molecule has 2 nitrogen and oxygen atoms in total. The minimum atomic E-state index is 0.0642. The normalized spacial score (nSPS) is 19.1. The summed E-state index contributed by atoms with van der Waals surface area (Å²) in [6.45, 7) is 2.35. The SMILES string of the molecule is CC(=O)NC[C@H]1CCc2ccccc21. The highest BCUT2D eigenvalue weighted by Gasteiger charge is 2.21. The zero-order valence-corrected chi connectivity index (χ0v) is 8.42. The van der Waals surface area contributed by atoms with Crippen LogP contribution in [0.25, 0.3) is 0 Å². The van der Waals surface area contributed by atoms with Crippen LogP contribution in [0.3, 0.4) is 0 Å². The molecule has 0 aliphatic heterocycles. The van der Waals surface area contributed by atoms with E-state index in [-0.39, 0.29) is 5.91 Å². The second kappa shape index (κ2) is 3.82. The average Bonchev–Trinajstić information content (AvgIpc) is 2.58. The minimum absolute atomic E-state index is 0.0642. The molecule has 0 saturated carbocycles. The molecule has 1 N–H and O–H groups in total. The smallest absolute Gasteiger partial charge is 0.216 e. The molecule has 0 spiro atoms. The maximum absolute atomic E-state index is 10.8. The standard InChI is InChI=1S/C12H15NO/c1-9(14)13-8-11-7-6-10-4-2-3-5-12(10)11/h2-5,11H,6-8H2,1H3,(H,13,14)/t11-/m1/s1. The molecule has 1 aromatic carbocycles. The van der Waals surface area contributed by atoms with Crippen LogP contribution in [0, 0.1) is 0 Å². The summed E-state index contributed by atoms with van der Waals surface area (Å²) < 4.78 is 0. The Hall–Kier alpha value is -1.31. The first kappa shape index (κ1) is 9.25. The number of hydrogen-bond acceptors (Lipinski definition) is 1. The highest BCUT2D eigenvalue weighted by Crippen LogP contribution is 2.31. The van der Waals surface area contributed by atoms with Crippen LogP contribution in [0.1, 0.15) is 30.4 Å². The highest BCUT2D eigenvalue weighted by molar-refractivity contribution is 5.72. The molecule has 0 saturated heterocycles. The first-order valence-electron chi connectivity index (χ1n) is 5.09. The molecule has 74 valence electrons. The summed E-state index contributed by atoms with van der Waals surface area (Å²) >= 11 is 0. The summed E-state index contributed by atoms with van der Waals surface area (Å²) in [7, 11) is 0. The van der Waals surface area contributed by atoms with Gasteiger partial charge in [-0.2, -0.15) is 0 Å². The van der Waals surface area contributed by atoms with Crippen LogP contribution in [-0.2, 0) is 11.2 Å². The number of benzene rings is 1. The van der Waals surface area contributed by atoms with E-state index in [0.717, 1.165) is 13.0 Å². The van der Waals surface area contributed by atoms with Gasteiger partial charge >= 0.3 is 0 Å². The molecule has 1 atom stereocenters. The Balaban J connectivity index is 2.07. The molecule has 1 amide bonds. The van der Waals surface area contributed by atoms with Crippen LogP contribution in [0.15, 0.2) is 24.3 Å². The van der Waals surface area contributed by atoms with E-state index >= 15 is 0 Å². The van der Waals surface area contributed by atoms with E-state index in [1.165, 1.54) is 17.5 Å². The van der Waals surface area contributed by atoms with Gasteiger partial charge < -0.3 is 5.32 Å². The van der Waals surface area contributed by atoms with Gasteiger partial charge in [0.1, 0.15) is 0 Å². The fourth-order valence-corrected chi connectivity index (χ4v) is 2.12. The lowest BCUT2D eigenvalue weighted by molar-refractivity contribution is -0.119. The summed E-state index contributed by atoms with van der Waals surface area (Å²) in [5.41, 5.74) is 2.86. The molecule has 0 radical (unpaired) electrons. The van der Waals surface area contributed by atoms with E-state index in [9.17, 15) is 4.79 Å². The van der Waals surface area contributed by atoms with E-state index in [4.69, 9.17) is 0 Å². The van der Waals surface area contributed by atoms with Crippen LogP contribution in [0.2, 0.25) is 0 Å². The Labute approximate surface area is 84.3 Å². The van der Waals surface area contributed by atoms with Crippen molar-refractivity contribution < 1.29 is 4.79 Å². The Kier molecular flexibility index (Phi) is 2.53. The predicted molar refractivity (Wildman–Crippen MR) is 56.2 cm³/mol. The molecule has 1 aliphatic rings. The molecule has 0 unspecified atom stereocenters. The summed E-state index contributed by atoms with van der Waals surface area (Å²) in [5, 5.41) is 2.89. The van der Waals surface area contributed by atoms with E-state index < -0.39 is 0 Å². The third kappa shape index (κ3) is 1.79. The Morgan fingerprint density at radius 2 is 2.29 bits per heavy atom. The molecule has 2 heteroatoms. The molecule has 0 heterocycles. The van der Waals surface area contributed by atoms with Crippen LogP contribution < -0.4 is 5.32 Å². The summed E-state index contributed by atoms with van der Waals surface area (Å²) in [6, 6.07) is 8.52. The molecule has 0 aromatic heterocycles. The van der Waals surface area contributed by atoms with Crippen LogP contribution in [-0.4, -0.2) is 12.5 Å². The van der Waals surface area contributed by atoms with Crippen molar-refractivity contribution in [3.05, 3.63) is 35.4 Å². The van der Waals surface area contributed by atoms with Crippen LogP contribution in [0.5, 0.6) is 0 Å². The van der Waals surface area contributed by atoms with Gasteiger partial charge in [0, 0.05) is 19.4 Å². The number of carbonyl (C=O) groups excluding carboxylic acids is 1. The molecular formula is C12H15NO. The second-order valence-corrected chi connectivity index (χ2v) is 3.87. The molecule has 2 rings (SSSR count). The van der Waals surface area contributed by atoms with Crippen molar-refractivity contribution in [2.24, 2.45) is 0 Å². The van der Waals surface area contributed by atoms with Gasteiger partial charge in [0.25, 0.3) is 0 Å². The van der Waals surface area contributed by atoms with E-state index in [1.54, 1.807) is 6.92 Å². The van der Waals surface area contributed by atoms with Gasteiger partial charge in [-0.25, -0.2) is 0 Å². The van der Waals surface area contributed by atoms with Crippen molar-refractivity contribution in [1.82, 2.24) is 5.32 Å². The predicted octanol–water partition coefficient (Wildman–Crippen LogP) is 1.85. The zero-order valence-electron chi connectivity index (χ0n) is 8.42. The third-order valence-electron chi connectivity index (χ3n) is 2.85. The number of amides is 1.